The second kappa shape index (κ2) is 6.31. The number of carbonyl (C=O) groups excluding carboxylic acids is 2. The fourth-order valence-electron chi connectivity index (χ4n) is 3.47. The van der Waals surface area contributed by atoms with Crippen LogP contribution >= 0.6 is 0 Å². The van der Waals surface area contributed by atoms with Crippen molar-refractivity contribution in [1.82, 2.24) is 0 Å². The van der Waals surface area contributed by atoms with E-state index in [2.05, 4.69) is 4.74 Å². The lowest BCUT2D eigenvalue weighted by molar-refractivity contribution is -0.171. The molecule has 0 N–H and O–H groups in total. The standard InChI is InChI=1S/C18H17F2NO4/c1-24-12-8-9-14-13(10-12)18(15(19)20,17(23)25-2)16(22)21(14)11-6-4-3-5-7-11/h3-9,13,15H,10H2,1-2H3. The maximum absolute atomic E-state index is 14.1. The Morgan fingerprint density at radius 2 is 1.92 bits per heavy atom. The Labute approximate surface area is 143 Å². The average Bonchev–Trinajstić information content (AvgIpc) is 2.90. The summed E-state index contributed by atoms with van der Waals surface area (Å²) in [5.74, 6) is -2.86. The van der Waals surface area contributed by atoms with E-state index in [0.29, 0.717) is 17.1 Å². The van der Waals surface area contributed by atoms with Gasteiger partial charge in [0, 0.05) is 23.7 Å². The second-order valence-electron chi connectivity index (χ2n) is 5.82. The highest BCUT2D eigenvalue weighted by Gasteiger charge is 2.68. The van der Waals surface area contributed by atoms with Crippen LogP contribution in [0.25, 0.3) is 0 Å². The van der Waals surface area contributed by atoms with Gasteiger partial charge in [-0.25, -0.2) is 8.78 Å². The third kappa shape index (κ3) is 2.33. The fourth-order valence-corrected chi connectivity index (χ4v) is 3.47. The van der Waals surface area contributed by atoms with Crippen LogP contribution in [0.4, 0.5) is 14.5 Å². The van der Waals surface area contributed by atoms with Crippen molar-refractivity contribution < 1.29 is 27.8 Å². The molecule has 2 aliphatic rings. The summed E-state index contributed by atoms with van der Waals surface area (Å²) in [7, 11) is 2.42. The molecule has 0 radical (unpaired) electrons. The highest BCUT2D eigenvalue weighted by Crippen LogP contribution is 2.54. The van der Waals surface area contributed by atoms with Gasteiger partial charge in [0.05, 0.1) is 20.0 Å². The van der Waals surface area contributed by atoms with Gasteiger partial charge in [-0.3, -0.25) is 14.5 Å². The molecule has 0 aromatic heterocycles. The molecular formula is C18H17F2NO4. The Balaban J connectivity index is 2.22. The van der Waals surface area contributed by atoms with Crippen LogP contribution in [-0.4, -0.2) is 32.5 Å². The zero-order valence-electron chi connectivity index (χ0n) is 13.7. The van der Waals surface area contributed by atoms with Gasteiger partial charge in [0.2, 0.25) is 5.41 Å². The maximum atomic E-state index is 14.1. The summed E-state index contributed by atoms with van der Waals surface area (Å²) >= 11 is 0. The molecule has 1 aromatic rings. The number of fused-ring (bicyclic) bond motifs is 1. The Morgan fingerprint density at radius 1 is 1.24 bits per heavy atom. The number of esters is 1. The molecule has 0 bridgehead atoms. The number of ether oxygens (including phenoxy) is 2. The van der Waals surface area contributed by atoms with E-state index in [0.717, 1.165) is 7.11 Å². The van der Waals surface area contributed by atoms with E-state index < -0.39 is 29.6 Å². The van der Waals surface area contributed by atoms with Crippen LogP contribution in [0.1, 0.15) is 6.42 Å². The zero-order valence-corrected chi connectivity index (χ0v) is 13.7. The summed E-state index contributed by atoms with van der Waals surface area (Å²) in [6.45, 7) is 0. The third-order valence-corrected chi connectivity index (χ3v) is 4.71. The first-order valence-electron chi connectivity index (χ1n) is 7.69. The van der Waals surface area contributed by atoms with Crippen molar-refractivity contribution in [3.8, 4) is 0 Å². The molecule has 5 nitrogen and oxygen atoms in total. The topological polar surface area (TPSA) is 55.8 Å². The number of alkyl halides is 2. The molecule has 1 aliphatic carbocycles. The van der Waals surface area contributed by atoms with Crippen LogP contribution in [0.5, 0.6) is 0 Å². The van der Waals surface area contributed by atoms with E-state index in [9.17, 15) is 18.4 Å². The summed E-state index contributed by atoms with van der Waals surface area (Å²) in [5, 5.41) is 0. The van der Waals surface area contributed by atoms with Crippen molar-refractivity contribution in [1.29, 1.82) is 0 Å². The lowest BCUT2D eigenvalue weighted by Crippen LogP contribution is -2.50. The van der Waals surface area contributed by atoms with E-state index in [4.69, 9.17) is 4.74 Å². The molecule has 7 heteroatoms. The first-order valence-corrected chi connectivity index (χ1v) is 7.69. The van der Waals surface area contributed by atoms with Crippen LogP contribution < -0.4 is 4.90 Å². The van der Waals surface area contributed by atoms with Gasteiger partial charge in [0.1, 0.15) is 0 Å². The number of anilines is 1. The number of benzene rings is 1. The summed E-state index contributed by atoms with van der Waals surface area (Å²) in [5.41, 5.74) is -1.83. The molecule has 1 amide bonds. The molecule has 1 aliphatic heterocycles. The molecule has 2 atom stereocenters. The number of para-hydroxylation sites is 1. The first-order chi connectivity index (χ1) is 12.0. The van der Waals surface area contributed by atoms with E-state index in [1.165, 1.54) is 12.0 Å². The van der Waals surface area contributed by atoms with Crippen LogP contribution in [0.2, 0.25) is 0 Å². The fraction of sp³-hybridized carbons (Fsp3) is 0.333. The number of rotatable bonds is 4. The number of nitrogens with zero attached hydrogens (tertiary/aromatic N) is 1. The molecule has 25 heavy (non-hydrogen) atoms. The number of hydrogen-bond acceptors (Lipinski definition) is 4. The number of methoxy groups -OCH3 is 2. The Morgan fingerprint density at radius 3 is 2.48 bits per heavy atom. The predicted octanol–water partition coefficient (Wildman–Crippen LogP) is 2.89. The average molecular weight is 349 g/mol. The van der Waals surface area contributed by atoms with Gasteiger partial charge < -0.3 is 9.47 Å². The van der Waals surface area contributed by atoms with Gasteiger partial charge in [-0.2, -0.15) is 0 Å². The second-order valence-corrected chi connectivity index (χ2v) is 5.82. The van der Waals surface area contributed by atoms with Crippen molar-refractivity contribution in [3.63, 3.8) is 0 Å². The Kier molecular flexibility index (Phi) is 4.32. The normalized spacial score (nSPS) is 25.4. The monoisotopic (exact) mass is 349 g/mol. The predicted molar refractivity (Wildman–Crippen MR) is 85.7 cm³/mol. The van der Waals surface area contributed by atoms with E-state index in [1.54, 1.807) is 42.5 Å². The largest absolute Gasteiger partial charge is 0.501 e. The number of amides is 1. The summed E-state index contributed by atoms with van der Waals surface area (Å²) < 4.78 is 38.0. The Bertz CT molecular complexity index is 760. The van der Waals surface area contributed by atoms with Gasteiger partial charge in [0.15, 0.2) is 0 Å². The highest BCUT2D eigenvalue weighted by atomic mass is 19.3. The van der Waals surface area contributed by atoms with Crippen molar-refractivity contribution in [2.75, 3.05) is 19.1 Å². The van der Waals surface area contributed by atoms with Crippen molar-refractivity contribution >= 4 is 17.6 Å². The highest BCUT2D eigenvalue weighted by molar-refractivity contribution is 6.16. The van der Waals surface area contributed by atoms with Crippen molar-refractivity contribution in [2.24, 2.45) is 11.3 Å². The minimum Gasteiger partial charge on any atom is -0.501 e. The van der Waals surface area contributed by atoms with Crippen molar-refractivity contribution in [2.45, 2.75) is 12.8 Å². The van der Waals surface area contributed by atoms with E-state index in [1.807, 2.05) is 0 Å². The van der Waals surface area contributed by atoms with Gasteiger partial charge in [0.25, 0.3) is 12.3 Å². The van der Waals surface area contributed by atoms with Gasteiger partial charge >= 0.3 is 5.97 Å². The Hall–Kier alpha value is -2.70. The number of hydrogen-bond donors (Lipinski definition) is 0. The molecule has 3 rings (SSSR count). The quantitative estimate of drug-likeness (QED) is 0.620. The van der Waals surface area contributed by atoms with Crippen LogP contribution in [0.3, 0.4) is 0 Å². The van der Waals surface area contributed by atoms with E-state index >= 15 is 0 Å². The minimum absolute atomic E-state index is 0.0108. The van der Waals surface area contributed by atoms with Crippen molar-refractivity contribution in [3.05, 3.63) is 53.9 Å². The lowest BCUT2D eigenvalue weighted by Gasteiger charge is -2.30. The van der Waals surface area contributed by atoms with Crippen LogP contribution in [-0.2, 0) is 19.1 Å². The number of halogens is 2. The maximum Gasteiger partial charge on any atom is 0.328 e. The summed E-state index contributed by atoms with van der Waals surface area (Å²) in [6.07, 6.45) is -0.0406. The molecule has 1 fully saturated rings. The minimum atomic E-state index is -3.22. The van der Waals surface area contributed by atoms with Crippen LogP contribution in [0.15, 0.2) is 53.9 Å². The molecule has 1 heterocycles. The molecule has 2 unspecified atom stereocenters. The molecule has 1 aromatic carbocycles. The molecule has 0 spiro atoms. The molecule has 132 valence electrons. The molecule has 0 saturated carbocycles. The van der Waals surface area contributed by atoms with Crippen LogP contribution in [0, 0.1) is 11.3 Å². The SMILES string of the molecule is COC(=O)C1(C(F)F)C(=O)N(c2ccccc2)C2=CC=C(OC)CC21. The third-order valence-electron chi connectivity index (χ3n) is 4.71. The van der Waals surface area contributed by atoms with Gasteiger partial charge in [-0.15, -0.1) is 0 Å². The summed E-state index contributed by atoms with van der Waals surface area (Å²) in [6, 6.07) is 8.39. The summed E-state index contributed by atoms with van der Waals surface area (Å²) in [4.78, 5) is 26.6. The smallest absolute Gasteiger partial charge is 0.328 e. The zero-order chi connectivity index (χ0) is 18.2. The first kappa shape index (κ1) is 17.1. The van der Waals surface area contributed by atoms with Gasteiger partial charge in [-0.05, 0) is 24.3 Å². The van der Waals surface area contributed by atoms with E-state index in [-0.39, 0.29) is 6.42 Å². The number of carbonyl (C=O) groups is 2. The lowest BCUT2D eigenvalue weighted by atomic mass is 9.73. The number of allylic oxidation sites excluding steroid dienone is 4. The van der Waals surface area contributed by atoms with Gasteiger partial charge in [-0.1, -0.05) is 18.2 Å². The molecular weight excluding hydrogens is 332 g/mol. The molecule has 1 saturated heterocycles.